The van der Waals surface area contributed by atoms with Gasteiger partial charge >= 0.3 is 12.2 Å². The number of carbonyl (C=O) groups excluding carboxylic acids is 1. The number of anilines is 1. The maximum Gasteiger partial charge on any atom is 0.418 e. The summed E-state index contributed by atoms with van der Waals surface area (Å²) >= 11 is 5.70. The van der Waals surface area contributed by atoms with Crippen molar-refractivity contribution in [2.45, 2.75) is 25.9 Å². The minimum atomic E-state index is -4.57. The molecule has 106 valence electrons. The van der Waals surface area contributed by atoms with E-state index in [4.69, 9.17) is 11.6 Å². The molecule has 0 spiro atoms. The Morgan fingerprint density at radius 3 is 2.63 bits per heavy atom. The van der Waals surface area contributed by atoms with Gasteiger partial charge in [-0.25, -0.2) is 4.79 Å². The highest BCUT2D eigenvalue weighted by atomic mass is 35.5. The number of hydrogen-bond donors (Lipinski definition) is 2. The van der Waals surface area contributed by atoms with Gasteiger partial charge in [0.2, 0.25) is 0 Å². The molecule has 0 aliphatic carbocycles. The van der Waals surface area contributed by atoms with Crippen LogP contribution in [-0.4, -0.2) is 12.6 Å². The van der Waals surface area contributed by atoms with Crippen LogP contribution in [0, 0.1) is 0 Å². The van der Waals surface area contributed by atoms with Gasteiger partial charge in [-0.3, -0.25) is 0 Å². The molecule has 0 unspecified atom stereocenters. The zero-order chi connectivity index (χ0) is 14.5. The first-order valence-electron chi connectivity index (χ1n) is 5.76. The van der Waals surface area contributed by atoms with Crippen LogP contribution >= 0.6 is 11.6 Å². The first-order chi connectivity index (χ1) is 8.86. The Hall–Kier alpha value is -1.43. The van der Waals surface area contributed by atoms with E-state index in [0.717, 1.165) is 18.9 Å². The number of urea groups is 1. The zero-order valence-corrected chi connectivity index (χ0v) is 11.0. The maximum absolute atomic E-state index is 12.8. The Morgan fingerprint density at radius 2 is 2.05 bits per heavy atom. The number of unbranched alkanes of at least 4 members (excludes halogenated alkanes) is 1. The van der Waals surface area contributed by atoms with Gasteiger partial charge in [-0.1, -0.05) is 31.0 Å². The van der Waals surface area contributed by atoms with Crippen LogP contribution in [0.15, 0.2) is 18.2 Å². The minimum absolute atomic E-state index is 0.152. The van der Waals surface area contributed by atoms with Gasteiger partial charge in [0.25, 0.3) is 0 Å². The molecule has 19 heavy (non-hydrogen) atoms. The van der Waals surface area contributed by atoms with Gasteiger partial charge in [-0.2, -0.15) is 13.2 Å². The van der Waals surface area contributed by atoms with Crippen molar-refractivity contribution in [2.24, 2.45) is 0 Å². The van der Waals surface area contributed by atoms with Crippen LogP contribution in [0.5, 0.6) is 0 Å². The molecule has 0 saturated heterocycles. The number of benzene rings is 1. The van der Waals surface area contributed by atoms with Crippen molar-refractivity contribution >= 4 is 23.3 Å². The van der Waals surface area contributed by atoms with Gasteiger partial charge in [-0.15, -0.1) is 0 Å². The van der Waals surface area contributed by atoms with Crippen LogP contribution in [0.1, 0.15) is 25.3 Å². The number of amides is 2. The standard InChI is InChI=1S/C12H14ClF3N2O/c1-2-3-7-17-11(19)18-10-8(12(14,15)16)5-4-6-9(10)13/h4-6H,2-3,7H2,1H3,(H2,17,18,19). The third-order valence-electron chi connectivity index (χ3n) is 2.37. The molecule has 0 fully saturated rings. The molecule has 0 bridgehead atoms. The summed E-state index contributed by atoms with van der Waals surface area (Å²) in [5, 5.41) is 4.45. The summed E-state index contributed by atoms with van der Waals surface area (Å²) in [5.41, 5.74) is -1.39. The van der Waals surface area contributed by atoms with Gasteiger partial charge in [0.15, 0.2) is 0 Å². The first kappa shape index (κ1) is 15.6. The number of para-hydroxylation sites is 1. The normalized spacial score (nSPS) is 11.2. The van der Waals surface area contributed by atoms with Gasteiger partial charge in [0.05, 0.1) is 16.3 Å². The summed E-state index contributed by atoms with van der Waals surface area (Å²) in [6, 6.07) is 2.64. The smallest absolute Gasteiger partial charge is 0.338 e. The molecule has 1 aromatic carbocycles. The molecule has 0 radical (unpaired) electrons. The summed E-state index contributed by atoms with van der Waals surface area (Å²) in [6.45, 7) is 2.34. The van der Waals surface area contributed by atoms with Crippen molar-refractivity contribution in [3.63, 3.8) is 0 Å². The number of hydrogen-bond acceptors (Lipinski definition) is 1. The van der Waals surface area contributed by atoms with Crippen molar-refractivity contribution in [3.05, 3.63) is 28.8 Å². The number of alkyl halides is 3. The summed E-state index contributed by atoms with van der Waals surface area (Å²) in [4.78, 5) is 11.5. The fourth-order valence-electron chi connectivity index (χ4n) is 1.42. The van der Waals surface area contributed by atoms with Crippen molar-refractivity contribution in [1.29, 1.82) is 0 Å². The topological polar surface area (TPSA) is 41.1 Å². The van der Waals surface area contributed by atoms with E-state index in [0.29, 0.717) is 6.54 Å². The predicted molar refractivity (Wildman–Crippen MR) is 68.4 cm³/mol. The highest BCUT2D eigenvalue weighted by Gasteiger charge is 2.34. The Balaban J connectivity index is 2.85. The van der Waals surface area contributed by atoms with E-state index < -0.39 is 23.5 Å². The average molecular weight is 295 g/mol. The number of carbonyl (C=O) groups is 1. The van der Waals surface area contributed by atoms with Crippen LogP contribution in [0.4, 0.5) is 23.7 Å². The summed E-state index contributed by atoms with van der Waals surface area (Å²) < 4.78 is 38.3. The Bertz CT molecular complexity index is 449. The summed E-state index contributed by atoms with van der Waals surface area (Å²) in [5.74, 6) is 0. The van der Waals surface area contributed by atoms with E-state index in [-0.39, 0.29) is 5.02 Å². The maximum atomic E-state index is 12.8. The molecule has 3 nitrogen and oxygen atoms in total. The largest absolute Gasteiger partial charge is 0.418 e. The number of halogens is 4. The SMILES string of the molecule is CCCCNC(=O)Nc1c(Cl)cccc1C(F)(F)F. The van der Waals surface area contributed by atoms with Crippen LogP contribution in [0.3, 0.4) is 0 Å². The quantitative estimate of drug-likeness (QED) is 0.800. The molecule has 2 amide bonds. The van der Waals surface area contributed by atoms with E-state index in [1.165, 1.54) is 12.1 Å². The lowest BCUT2D eigenvalue weighted by molar-refractivity contribution is -0.136. The molecule has 0 aromatic heterocycles. The molecule has 1 aromatic rings. The first-order valence-corrected chi connectivity index (χ1v) is 6.14. The number of rotatable bonds is 4. The van der Waals surface area contributed by atoms with Gasteiger partial charge in [0.1, 0.15) is 0 Å². The van der Waals surface area contributed by atoms with E-state index >= 15 is 0 Å². The molecule has 7 heteroatoms. The second-order valence-electron chi connectivity index (χ2n) is 3.89. The molecular weight excluding hydrogens is 281 g/mol. The van der Waals surface area contributed by atoms with E-state index in [9.17, 15) is 18.0 Å². The Morgan fingerprint density at radius 1 is 1.37 bits per heavy atom. The van der Waals surface area contributed by atoms with Crippen LogP contribution in [0.25, 0.3) is 0 Å². The zero-order valence-electron chi connectivity index (χ0n) is 10.3. The molecule has 0 heterocycles. The van der Waals surface area contributed by atoms with Gasteiger partial charge < -0.3 is 10.6 Å². The van der Waals surface area contributed by atoms with Crippen molar-refractivity contribution in [1.82, 2.24) is 5.32 Å². The van der Waals surface area contributed by atoms with Gasteiger partial charge in [0, 0.05) is 6.54 Å². The van der Waals surface area contributed by atoms with E-state index in [1.807, 2.05) is 6.92 Å². The van der Waals surface area contributed by atoms with Crippen LogP contribution < -0.4 is 10.6 Å². The molecule has 1 rings (SSSR count). The van der Waals surface area contributed by atoms with Gasteiger partial charge in [-0.05, 0) is 18.6 Å². The molecule has 0 atom stereocenters. The Kier molecular flexibility index (Phi) is 5.47. The predicted octanol–water partition coefficient (Wildman–Crippen LogP) is 4.28. The molecular formula is C12H14ClF3N2O. The lowest BCUT2D eigenvalue weighted by Crippen LogP contribution is -2.30. The molecule has 0 saturated carbocycles. The molecule has 0 aliphatic heterocycles. The monoisotopic (exact) mass is 294 g/mol. The summed E-state index contributed by atoms with van der Waals surface area (Å²) in [7, 11) is 0. The van der Waals surface area contributed by atoms with Crippen molar-refractivity contribution < 1.29 is 18.0 Å². The third kappa shape index (κ3) is 4.63. The summed E-state index contributed by atoms with van der Waals surface area (Å²) in [6.07, 6.45) is -2.95. The Labute approximate surface area is 114 Å². The molecule has 0 aliphatic rings. The third-order valence-corrected chi connectivity index (χ3v) is 2.69. The van der Waals surface area contributed by atoms with Crippen LogP contribution in [0.2, 0.25) is 5.02 Å². The van der Waals surface area contributed by atoms with E-state index in [1.54, 1.807) is 0 Å². The fourth-order valence-corrected chi connectivity index (χ4v) is 1.65. The van der Waals surface area contributed by atoms with Crippen molar-refractivity contribution in [3.8, 4) is 0 Å². The van der Waals surface area contributed by atoms with E-state index in [2.05, 4.69) is 10.6 Å². The second kappa shape index (κ2) is 6.65. The number of nitrogens with one attached hydrogen (secondary N) is 2. The minimum Gasteiger partial charge on any atom is -0.338 e. The van der Waals surface area contributed by atoms with Crippen LogP contribution in [-0.2, 0) is 6.18 Å². The highest BCUT2D eigenvalue weighted by molar-refractivity contribution is 6.33. The second-order valence-corrected chi connectivity index (χ2v) is 4.30. The average Bonchev–Trinajstić information content (AvgIpc) is 2.30. The van der Waals surface area contributed by atoms with Crippen molar-refractivity contribution in [2.75, 3.05) is 11.9 Å². The highest BCUT2D eigenvalue weighted by Crippen LogP contribution is 2.38. The lowest BCUT2D eigenvalue weighted by atomic mass is 10.1. The molecule has 2 N–H and O–H groups in total. The fraction of sp³-hybridized carbons (Fsp3) is 0.417. The lowest BCUT2D eigenvalue weighted by Gasteiger charge is -2.15.